The summed E-state index contributed by atoms with van der Waals surface area (Å²) >= 11 is 0. The quantitative estimate of drug-likeness (QED) is 0.184. The molecule has 0 atom stereocenters. The van der Waals surface area contributed by atoms with Gasteiger partial charge in [-0.25, -0.2) is 0 Å². The second kappa shape index (κ2) is 20.5. The molecule has 0 bridgehead atoms. The zero-order chi connectivity index (χ0) is 33.8. The molecule has 0 saturated carbocycles. The molecule has 0 aromatic heterocycles. The Hall–Kier alpha value is -4.50. The van der Waals surface area contributed by atoms with E-state index in [0.717, 1.165) is 16.7 Å². The summed E-state index contributed by atoms with van der Waals surface area (Å²) in [6.07, 6.45) is 2.50. The minimum atomic E-state index is -0.491. The van der Waals surface area contributed by atoms with E-state index >= 15 is 0 Å². The van der Waals surface area contributed by atoms with Crippen molar-refractivity contribution in [1.82, 2.24) is 0 Å². The van der Waals surface area contributed by atoms with Crippen LogP contribution in [0.2, 0.25) is 0 Å². The van der Waals surface area contributed by atoms with E-state index in [0.29, 0.717) is 5.75 Å². The lowest BCUT2D eigenvalue weighted by Crippen LogP contribution is -2.28. The SMILES string of the molecule is CC.CC.CCC.CCC.Cc1cccc(O)c1.Oc1ccc(C2(c3ccc(O)cc3)c3ccccc3-c3ccccc32)cc1. The highest BCUT2D eigenvalue weighted by molar-refractivity contribution is 5.86. The van der Waals surface area contributed by atoms with Gasteiger partial charge in [0.2, 0.25) is 0 Å². The van der Waals surface area contributed by atoms with Crippen LogP contribution in [0.25, 0.3) is 11.1 Å². The molecule has 3 nitrogen and oxygen atoms in total. The van der Waals surface area contributed by atoms with Crippen molar-refractivity contribution in [3.05, 3.63) is 149 Å². The van der Waals surface area contributed by atoms with Crippen LogP contribution in [0.15, 0.2) is 121 Å². The number of fused-ring (bicyclic) bond motifs is 3. The molecular formula is C42H54O3. The van der Waals surface area contributed by atoms with Gasteiger partial charge in [-0.05, 0) is 82.3 Å². The van der Waals surface area contributed by atoms with Crippen molar-refractivity contribution >= 4 is 0 Å². The van der Waals surface area contributed by atoms with Crippen LogP contribution < -0.4 is 0 Å². The van der Waals surface area contributed by atoms with Crippen LogP contribution in [0.4, 0.5) is 0 Å². The lowest BCUT2D eigenvalue weighted by atomic mass is 9.68. The number of benzene rings is 5. The fourth-order valence-electron chi connectivity index (χ4n) is 5.07. The number of phenols is 3. The molecule has 3 N–H and O–H groups in total. The van der Waals surface area contributed by atoms with E-state index in [1.165, 1.54) is 35.1 Å². The summed E-state index contributed by atoms with van der Waals surface area (Å²) in [5, 5.41) is 28.5. The van der Waals surface area contributed by atoms with Gasteiger partial charge < -0.3 is 15.3 Å². The van der Waals surface area contributed by atoms with E-state index in [1.54, 1.807) is 36.4 Å². The van der Waals surface area contributed by atoms with Gasteiger partial charge in [0.05, 0.1) is 5.41 Å². The van der Waals surface area contributed by atoms with Crippen LogP contribution in [0.3, 0.4) is 0 Å². The average Bonchev–Trinajstić information content (AvgIpc) is 3.36. The smallest absolute Gasteiger partial charge is 0.115 e. The highest BCUT2D eigenvalue weighted by atomic mass is 16.3. The predicted octanol–water partition coefficient (Wildman–Crippen LogP) is 12.0. The first kappa shape index (κ1) is 38.5. The summed E-state index contributed by atoms with van der Waals surface area (Å²) in [6, 6.07) is 39.0. The van der Waals surface area contributed by atoms with Crippen molar-refractivity contribution in [2.45, 2.75) is 80.6 Å². The molecule has 0 saturated heterocycles. The fourth-order valence-corrected chi connectivity index (χ4v) is 5.07. The Balaban J connectivity index is 0.000000468. The molecular weight excluding hydrogens is 552 g/mol. The normalized spacial score (nSPS) is 11.0. The number of rotatable bonds is 2. The van der Waals surface area contributed by atoms with Gasteiger partial charge in [0.1, 0.15) is 17.2 Å². The fraction of sp³-hybridized carbons (Fsp3) is 0.286. The second-order valence-corrected chi connectivity index (χ2v) is 10.2. The van der Waals surface area contributed by atoms with E-state index < -0.39 is 5.41 Å². The van der Waals surface area contributed by atoms with Gasteiger partial charge in [0.25, 0.3) is 0 Å². The Bertz CT molecular complexity index is 1390. The first-order chi connectivity index (χ1) is 21.8. The third kappa shape index (κ3) is 9.74. The van der Waals surface area contributed by atoms with Gasteiger partial charge in [0, 0.05) is 0 Å². The van der Waals surface area contributed by atoms with Crippen molar-refractivity contribution in [2.24, 2.45) is 0 Å². The van der Waals surface area contributed by atoms with Crippen molar-refractivity contribution in [1.29, 1.82) is 0 Å². The van der Waals surface area contributed by atoms with Gasteiger partial charge in [-0.15, -0.1) is 0 Å². The number of phenolic OH excluding ortho intramolecular Hbond substituents is 3. The maximum Gasteiger partial charge on any atom is 0.115 e. The molecule has 1 aliphatic rings. The zero-order valence-corrected chi connectivity index (χ0v) is 28.8. The van der Waals surface area contributed by atoms with Crippen molar-refractivity contribution in [2.75, 3.05) is 0 Å². The Kier molecular flexibility index (Phi) is 17.5. The summed E-state index contributed by atoms with van der Waals surface area (Å²) in [5.41, 5.74) is 7.62. The highest BCUT2D eigenvalue weighted by Gasteiger charge is 2.45. The molecule has 0 aliphatic heterocycles. The topological polar surface area (TPSA) is 60.7 Å². The molecule has 5 aromatic carbocycles. The van der Waals surface area contributed by atoms with Crippen molar-refractivity contribution in [3.63, 3.8) is 0 Å². The van der Waals surface area contributed by atoms with E-state index in [9.17, 15) is 10.2 Å². The minimum absolute atomic E-state index is 0.249. The Morgan fingerprint density at radius 3 is 1.11 bits per heavy atom. The molecule has 1 aliphatic carbocycles. The third-order valence-corrected chi connectivity index (χ3v) is 6.55. The van der Waals surface area contributed by atoms with Crippen molar-refractivity contribution in [3.8, 4) is 28.4 Å². The van der Waals surface area contributed by atoms with Gasteiger partial charge in [-0.3, -0.25) is 0 Å². The molecule has 0 unspecified atom stereocenters. The van der Waals surface area contributed by atoms with Gasteiger partial charge >= 0.3 is 0 Å². The lowest BCUT2D eigenvalue weighted by Gasteiger charge is -2.33. The molecule has 3 heteroatoms. The maximum absolute atomic E-state index is 9.85. The number of aryl methyl sites for hydroxylation is 1. The third-order valence-electron chi connectivity index (χ3n) is 6.55. The maximum atomic E-state index is 9.85. The molecule has 0 spiro atoms. The standard InChI is InChI=1S/C25H18O2.C7H8O.2C3H8.2C2H6/c26-19-13-9-17(10-14-19)25(18-11-15-20(27)16-12-18)23-7-3-1-5-21(23)22-6-2-4-8-24(22)25;1-6-3-2-4-7(8)5-6;2*1-3-2;2*1-2/h1-16,26-27H;2-5,8H,1H3;2*3H2,1-2H3;2*1-2H3. The molecule has 6 rings (SSSR count). The van der Waals surface area contributed by atoms with E-state index in [2.05, 4.69) is 76.2 Å². The zero-order valence-electron chi connectivity index (χ0n) is 28.8. The number of hydrogen-bond acceptors (Lipinski definition) is 3. The Labute approximate surface area is 272 Å². The summed E-state index contributed by atoms with van der Waals surface area (Å²) in [5.74, 6) is 0.836. The Morgan fingerprint density at radius 1 is 0.444 bits per heavy atom. The highest BCUT2D eigenvalue weighted by Crippen LogP contribution is 2.56. The average molecular weight is 607 g/mol. The predicted molar refractivity (Wildman–Crippen MR) is 195 cm³/mol. The summed E-state index contributed by atoms with van der Waals surface area (Å²) in [6.45, 7) is 18.4. The van der Waals surface area contributed by atoms with E-state index in [1.807, 2.05) is 71.0 Å². The van der Waals surface area contributed by atoms with Crippen LogP contribution in [-0.4, -0.2) is 15.3 Å². The number of hydrogen-bond donors (Lipinski definition) is 3. The summed E-state index contributed by atoms with van der Waals surface area (Å²) in [7, 11) is 0. The van der Waals surface area contributed by atoms with Crippen LogP contribution in [-0.2, 0) is 5.41 Å². The van der Waals surface area contributed by atoms with Crippen LogP contribution in [0.5, 0.6) is 17.2 Å². The lowest BCUT2D eigenvalue weighted by molar-refractivity contribution is 0.474. The van der Waals surface area contributed by atoms with Crippen LogP contribution in [0, 0.1) is 6.92 Å². The minimum Gasteiger partial charge on any atom is -0.508 e. The summed E-state index contributed by atoms with van der Waals surface area (Å²) < 4.78 is 0. The van der Waals surface area contributed by atoms with Gasteiger partial charge in [0.15, 0.2) is 0 Å². The first-order valence-electron chi connectivity index (χ1n) is 16.4. The van der Waals surface area contributed by atoms with Crippen LogP contribution >= 0.6 is 0 Å². The monoisotopic (exact) mass is 606 g/mol. The molecule has 5 aromatic rings. The van der Waals surface area contributed by atoms with Gasteiger partial charge in [-0.1, -0.05) is 153 Å². The second-order valence-electron chi connectivity index (χ2n) is 10.2. The molecule has 240 valence electrons. The van der Waals surface area contributed by atoms with E-state index in [-0.39, 0.29) is 11.5 Å². The molecule has 0 heterocycles. The molecule has 0 radical (unpaired) electrons. The van der Waals surface area contributed by atoms with Gasteiger partial charge in [-0.2, -0.15) is 0 Å². The summed E-state index contributed by atoms with van der Waals surface area (Å²) in [4.78, 5) is 0. The molecule has 0 amide bonds. The van der Waals surface area contributed by atoms with Crippen molar-refractivity contribution < 1.29 is 15.3 Å². The molecule has 45 heavy (non-hydrogen) atoms. The Morgan fingerprint density at radius 2 is 0.800 bits per heavy atom. The largest absolute Gasteiger partial charge is 0.508 e. The van der Waals surface area contributed by atoms with E-state index in [4.69, 9.17) is 5.11 Å². The first-order valence-corrected chi connectivity index (χ1v) is 16.4. The van der Waals surface area contributed by atoms with Crippen LogP contribution in [0.1, 0.15) is 96.0 Å². The number of aromatic hydroxyl groups is 3. The molecule has 0 fully saturated rings.